The summed E-state index contributed by atoms with van der Waals surface area (Å²) in [5.41, 5.74) is 6.29. The van der Waals surface area contributed by atoms with E-state index >= 15 is 0 Å². The zero-order valence-electron chi connectivity index (χ0n) is 11.3. The first-order chi connectivity index (χ1) is 8.99. The van der Waals surface area contributed by atoms with Crippen molar-refractivity contribution in [2.24, 2.45) is 5.73 Å². The van der Waals surface area contributed by atoms with Crippen molar-refractivity contribution in [2.75, 3.05) is 13.7 Å². The lowest BCUT2D eigenvalue weighted by atomic mass is 10.2. The van der Waals surface area contributed by atoms with Crippen molar-refractivity contribution < 1.29 is 14.3 Å². The van der Waals surface area contributed by atoms with E-state index in [1.54, 1.807) is 26.2 Å². The van der Waals surface area contributed by atoms with Gasteiger partial charge in [0.1, 0.15) is 0 Å². The Hall–Kier alpha value is -1.46. The summed E-state index contributed by atoms with van der Waals surface area (Å²) in [4.78, 5) is 11.4. The standard InChI is InChI=1S/C13H19ClN2O3/c1-4-19-12-10(14)5-9(6-11(12)18-3)7-16-13(17)8(2)15/h5-6,8H,4,7,15H2,1-3H3,(H,16,17)/t8-/m0/s1. The van der Waals surface area contributed by atoms with Crippen molar-refractivity contribution in [2.45, 2.75) is 26.4 Å². The van der Waals surface area contributed by atoms with Gasteiger partial charge in [0, 0.05) is 6.54 Å². The molecule has 5 nitrogen and oxygen atoms in total. The van der Waals surface area contributed by atoms with Crippen molar-refractivity contribution in [3.8, 4) is 11.5 Å². The average Bonchev–Trinajstić information content (AvgIpc) is 2.38. The first kappa shape index (κ1) is 15.6. The van der Waals surface area contributed by atoms with Crippen LogP contribution < -0.4 is 20.5 Å². The smallest absolute Gasteiger partial charge is 0.236 e. The molecular formula is C13H19ClN2O3. The highest BCUT2D eigenvalue weighted by Gasteiger charge is 2.13. The maximum Gasteiger partial charge on any atom is 0.236 e. The number of methoxy groups -OCH3 is 1. The molecule has 6 heteroatoms. The molecular weight excluding hydrogens is 268 g/mol. The van der Waals surface area contributed by atoms with E-state index < -0.39 is 6.04 Å². The second kappa shape index (κ2) is 7.21. The van der Waals surface area contributed by atoms with E-state index in [0.29, 0.717) is 29.7 Å². The summed E-state index contributed by atoms with van der Waals surface area (Å²) in [7, 11) is 1.54. The van der Waals surface area contributed by atoms with E-state index in [-0.39, 0.29) is 5.91 Å². The van der Waals surface area contributed by atoms with Crippen LogP contribution in [0, 0.1) is 0 Å². The van der Waals surface area contributed by atoms with Crippen LogP contribution in [-0.2, 0) is 11.3 Å². The highest BCUT2D eigenvalue weighted by Crippen LogP contribution is 2.36. The first-order valence-corrected chi connectivity index (χ1v) is 6.39. The fourth-order valence-corrected chi connectivity index (χ4v) is 1.80. The lowest BCUT2D eigenvalue weighted by Gasteiger charge is -2.14. The predicted octanol–water partition coefficient (Wildman–Crippen LogP) is 1.71. The van der Waals surface area contributed by atoms with E-state index in [2.05, 4.69) is 5.32 Å². The Kier molecular flexibility index (Phi) is 5.92. The molecule has 0 saturated heterocycles. The van der Waals surface area contributed by atoms with Crippen LogP contribution in [0.3, 0.4) is 0 Å². The molecule has 3 N–H and O–H groups in total. The van der Waals surface area contributed by atoms with Gasteiger partial charge in [-0.1, -0.05) is 11.6 Å². The lowest BCUT2D eigenvalue weighted by Crippen LogP contribution is -2.37. The molecule has 0 heterocycles. The number of rotatable bonds is 6. The molecule has 1 aromatic rings. The summed E-state index contributed by atoms with van der Waals surface area (Å²) in [6, 6.07) is 2.97. The van der Waals surface area contributed by atoms with E-state index in [0.717, 1.165) is 5.56 Å². The van der Waals surface area contributed by atoms with Crippen LogP contribution in [0.5, 0.6) is 11.5 Å². The van der Waals surface area contributed by atoms with Gasteiger partial charge in [-0.2, -0.15) is 0 Å². The maximum atomic E-state index is 11.4. The van der Waals surface area contributed by atoms with Crippen LogP contribution in [0.15, 0.2) is 12.1 Å². The normalized spacial score (nSPS) is 11.8. The highest BCUT2D eigenvalue weighted by atomic mass is 35.5. The van der Waals surface area contributed by atoms with Crippen molar-refractivity contribution in [3.05, 3.63) is 22.7 Å². The van der Waals surface area contributed by atoms with Gasteiger partial charge in [0.2, 0.25) is 5.91 Å². The molecule has 0 bridgehead atoms. The quantitative estimate of drug-likeness (QED) is 0.835. The third-order valence-corrected chi connectivity index (χ3v) is 2.74. The van der Waals surface area contributed by atoms with Crippen molar-refractivity contribution in [1.29, 1.82) is 0 Å². The molecule has 106 valence electrons. The first-order valence-electron chi connectivity index (χ1n) is 6.02. The largest absolute Gasteiger partial charge is 0.493 e. The molecule has 0 aromatic heterocycles. The Morgan fingerprint density at radius 1 is 1.53 bits per heavy atom. The number of amides is 1. The van der Waals surface area contributed by atoms with Crippen LogP contribution in [0.25, 0.3) is 0 Å². The van der Waals surface area contributed by atoms with Crippen LogP contribution in [-0.4, -0.2) is 25.7 Å². The summed E-state index contributed by atoms with van der Waals surface area (Å²) >= 11 is 6.13. The number of carbonyl (C=O) groups is 1. The predicted molar refractivity (Wildman–Crippen MR) is 74.7 cm³/mol. The lowest BCUT2D eigenvalue weighted by molar-refractivity contribution is -0.122. The van der Waals surface area contributed by atoms with Gasteiger partial charge in [0.15, 0.2) is 11.5 Å². The summed E-state index contributed by atoms with van der Waals surface area (Å²) in [5, 5.41) is 3.16. The Morgan fingerprint density at radius 3 is 2.74 bits per heavy atom. The van der Waals surface area contributed by atoms with Gasteiger partial charge in [0.05, 0.1) is 24.8 Å². The molecule has 0 unspecified atom stereocenters. The van der Waals surface area contributed by atoms with Crippen LogP contribution in [0.4, 0.5) is 0 Å². The fourth-order valence-electron chi connectivity index (χ4n) is 1.51. The number of halogens is 1. The molecule has 1 atom stereocenters. The van der Waals surface area contributed by atoms with Gasteiger partial charge < -0.3 is 20.5 Å². The topological polar surface area (TPSA) is 73.6 Å². The minimum Gasteiger partial charge on any atom is -0.493 e. The fraction of sp³-hybridized carbons (Fsp3) is 0.462. The van der Waals surface area contributed by atoms with E-state index in [9.17, 15) is 4.79 Å². The number of ether oxygens (including phenoxy) is 2. The molecule has 1 rings (SSSR count). The van der Waals surface area contributed by atoms with Crippen molar-refractivity contribution in [3.63, 3.8) is 0 Å². The number of nitrogens with two attached hydrogens (primary N) is 1. The van der Waals surface area contributed by atoms with E-state index in [1.165, 1.54) is 0 Å². The monoisotopic (exact) mass is 286 g/mol. The number of benzene rings is 1. The van der Waals surface area contributed by atoms with Crippen molar-refractivity contribution in [1.82, 2.24) is 5.32 Å². The minimum absolute atomic E-state index is 0.219. The van der Waals surface area contributed by atoms with Gasteiger partial charge >= 0.3 is 0 Å². The molecule has 1 aromatic carbocycles. The van der Waals surface area contributed by atoms with E-state index in [1.807, 2.05) is 6.92 Å². The number of carbonyl (C=O) groups excluding carboxylic acids is 1. The molecule has 19 heavy (non-hydrogen) atoms. The molecule has 0 fully saturated rings. The van der Waals surface area contributed by atoms with Crippen LogP contribution >= 0.6 is 11.6 Å². The van der Waals surface area contributed by atoms with Gasteiger partial charge in [-0.05, 0) is 31.5 Å². The van der Waals surface area contributed by atoms with Gasteiger partial charge in [-0.15, -0.1) is 0 Å². The Labute approximate surface area is 118 Å². The molecule has 0 spiro atoms. The SMILES string of the molecule is CCOc1c(Cl)cc(CNC(=O)[C@H](C)N)cc1OC. The highest BCUT2D eigenvalue weighted by molar-refractivity contribution is 6.32. The molecule has 1 amide bonds. The third-order valence-electron chi connectivity index (χ3n) is 2.46. The van der Waals surface area contributed by atoms with Crippen molar-refractivity contribution >= 4 is 17.5 Å². The molecule has 0 aliphatic heterocycles. The Balaban J connectivity index is 2.86. The van der Waals surface area contributed by atoms with Gasteiger partial charge in [-0.25, -0.2) is 0 Å². The zero-order chi connectivity index (χ0) is 14.4. The molecule has 0 radical (unpaired) electrons. The number of hydrogen-bond acceptors (Lipinski definition) is 4. The van der Waals surface area contributed by atoms with Crippen LogP contribution in [0.1, 0.15) is 19.4 Å². The third kappa shape index (κ3) is 4.29. The summed E-state index contributed by atoms with van der Waals surface area (Å²) in [5.74, 6) is 0.831. The molecule has 0 saturated carbocycles. The summed E-state index contributed by atoms with van der Waals surface area (Å²) < 4.78 is 10.6. The Bertz CT molecular complexity index is 450. The second-order valence-corrected chi connectivity index (χ2v) is 4.46. The number of hydrogen-bond donors (Lipinski definition) is 2. The van der Waals surface area contributed by atoms with Gasteiger partial charge in [0.25, 0.3) is 0 Å². The van der Waals surface area contributed by atoms with E-state index in [4.69, 9.17) is 26.8 Å². The summed E-state index contributed by atoms with van der Waals surface area (Å²) in [6.07, 6.45) is 0. The second-order valence-electron chi connectivity index (χ2n) is 4.05. The summed E-state index contributed by atoms with van der Waals surface area (Å²) in [6.45, 7) is 4.33. The Morgan fingerprint density at radius 2 is 2.21 bits per heavy atom. The zero-order valence-corrected chi connectivity index (χ0v) is 12.1. The molecule has 0 aliphatic carbocycles. The average molecular weight is 287 g/mol. The minimum atomic E-state index is -0.542. The number of nitrogens with one attached hydrogen (secondary N) is 1. The molecule has 0 aliphatic rings. The van der Waals surface area contributed by atoms with Gasteiger partial charge in [-0.3, -0.25) is 4.79 Å². The van der Waals surface area contributed by atoms with Crippen LogP contribution in [0.2, 0.25) is 5.02 Å². The maximum absolute atomic E-state index is 11.4.